The molecule has 0 heterocycles. The van der Waals surface area contributed by atoms with E-state index in [0.29, 0.717) is 0 Å². The van der Waals surface area contributed by atoms with Gasteiger partial charge in [0.25, 0.3) is 0 Å². The number of hydrogen-bond donors (Lipinski definition) is 0. The normalized spacial score (nSPS) is 27.6. The summed E-state index contributed by atoms with van der Waals surface area (Å²) < 4.78 is 0. The third-order valence-electron chi connectivity index (χ3n) is 5.36. The van der Waals surface area contributed by atoms with Crippen LogP contribution in [-0.4, -0.2) is 8.07 Å². The zero-order valence-corrected chi connectivity index (χ0v) is 18.1. The summed E-state index contributed by atoms with van der Waals surface area (Å²) in [6.45, 7) is 12.4. The Morgan fingerprint density at radius 2 is 1.00 bits per heavy atom. The molecule has 0 aromatic rings. The van der Waals surface area contributed by atoms with Crippen molar-refractivity contribution >= 4 is 8.07 Å². The maximum absolute atomic E-state index is 2.54. The third kappa shape index (κ3) is 9.46. The average molecular weight is 354 g/mol. The minimum atomic E-state index is -0.840. The van der Waals surface area contributed by atoms with Crippen LogP contribution in [-0.2, 0) is 17.1 Å². The molecule has 0 saturated heterocycles. The second-order valence-electron chi connectivity index (χ2n) is 7.64. The molecular formula is C19H42FeSi+2. The van der Waals surface area contributed by atoms with E-state index in [9.17, 15) is 0 Å². The molecule has 0 spiro atoms. The molecule has 0 aromatic carbocycles. The van der Waals surface area contributed by atoms with E-state index in [-0.39, 0.29) is 31.9 Å². The predicted octanol–water partition coefficient (Wildman–Crippen LogP) is 7.39. The fourth-order valence-electron chi connectivity index (χ4n) is 3.80. The molecule has 2 fully saturated rings. The Hall–Kier alpha value is 0.736. The van der Waals surface area contributed by atoms with E-state index >= 15 is 0 Å². The van der Waals surface area contributed by atoms with Gasteiger partial charge in [-0.15, -0.1) is 0 Å². The number of hydrogen-bond acceptors (Lipinski definition) is 0. The predicted molar refractivity (Wildman–Crippen MR) is 99.8 cm³/mol. The van der Waals surface area contributed by atoms with Gasteiger partial charge < -0.3 is 14.9 Å². The van der Waals surface area contributed by atoms with Crippen LogP contribution in [0.1, 0.15) is 71.6 Å². The van der Waals surface area contributed by atoms with Crippen LogP contribution in [0.4, 0.5) is 0 Å². The maximum Gasteiger partial charge on any atom is 4.00 e. The van der Waals surface area contributed by atoms with E-state index in [0.717, 1.165) is 17.4 Å². The Morgan fingerprint density at radius 1 is 0.714 bits per heavy atom. The van der Waals surface area contributed by atoms with Crippen molar-refractivity contribution in [1.82, 2.24) is 0 Å². The first-order valence-electron chi connectivity index (χ1n) is 8.49. The van der Waals surface area contributed by atoms with Crippen LogP contribution >= 0.6 is 0 Å². The molecule has 2 aliphatic rings. The smallest absolute Gasteiger partial charge is 0.358 e. The topological polar surface area (TPSA) is 0 Å². The van der Waals surface area contributed by atoms with Crippen molar-refractivity contribution in [2.75, 3.05) is 0 Å². The van der Waals surface area contributed by atoms with Gasteiger partial charge in [-0.05, 0) is 30.2 Å². The minimum Gasteiger partial charge on any atom is -0.358 e. The summed E-state index contributed by atoms with van der Waals surface area (Å²) in [6, 6.07) is 0. The second kappa shape index (κ2) is 13.2. The molecule has 21 heavy (non-hydrogen) atoms. The maximum atomic E-state index is 2.54. The molecule has 2 heteroatoms. The Bertz CT molecular complexity index is 198. The molecule has 0 aliphatic heterocycles. The van der Waals surface area contributed by atoms with Gasteiger partial charge in [0.15, 0.2) is 0 Å². The van der Waals surface area contributed by atoms with E-state index in [1.807, 2.05) is 0 Å². The van der Waals surface area contributed by atoms with Crippen molar-refractivity contribution in [2.24, 2.45) is 11.8 Å². The summed E-state index contributed by atoms with van der Waals surface area (Å²) in [7, 11) is -0.840. The summed E-state index contributed by atoms with van der Waals surface area (Å²) in [5, 5.41) is 0. The molecule has 0 aromatic heterocycles. The van der Waals surface area contributed by atoms with E-state index in [1.165, 1.54) is 44.9 Å². The van der Waals surface area contributed by atoms with Gasteiger partial charge >= 0.3 is 17.1 Å². The minimum absolute atomic E-state index is 0. The van der Waals surface area contributed by atoms with Crippen molar-refractivity contribution in [1.29, 1.82) is 0 Å². The van der Waals surface area contributed by atoms with Crippen molar-refractivity contribution < 1.29 is 17.1 Å². The molecule has 0 bridgehead atoms. The molecule has 0 amide bonds. The first-order chi connectivity index (χ1) is 8.49. The van der Waals surface area contributed by atoms with Gasteiger partial charge in [0.1, 0.15) is 0 Å². The molecule has 0 nitrogen and oxygen atoms in total. The van der Waals surface area contributed by atoms with Gasteiger partial charge in [0.2, 0.25) is 0 Å². The van der Waals surface area contributed by atoms with Crippen LogP contribution in [0, 0.1) is 26.7 Å². The fraction of sp³-hybridized carbons (Fsp3) is 0.895. The van der Waals surface area contributed by atoms with Gasteiger partial charge in [0, 0.05) is 8.07 Å². The van der Waals surface area contributed by atoms with E-state index < -0.39 is 8.07 Å². The van der Waals surface area contributed by atoms with Gasteiger partial charge in [-0.2, -0.15) is 0 Å². The molecule has 2 unspecified atom stereocenters. The molecule has 0 N–H and O–H groups in total. The Balaban J connectivity index is -0.000000349. The second-order valence-corrected chi connectivity index (χ2v) is 13.2. The van der Waals surface area contributed by atoms with Crippen LogP contribution in [0.3, 0.4) is 0 Å². The first-order valence-corrected chi connectivity index (χ1v) is 12.1. The SMILES string of the molecule is C1CCCC1.CCC1CC([Si](C)(C)C)CC1CC.[CH3-].[CH3-].[Fe+4]. The average Bonchev–Trinajstić information content (AvgIpc) is 3.00. The van der Waals surface area contributed by atoms with Crippen LogP contribution in [0.15, 0.2) is 0 Å². The molecule has 2 rings (SSSR count). The van der Waals surface area contributed by atoms with Crippen molar-refractivity contribution in [2.45, 2.75) is 96.8 Å². The van der Waals surface area contributed by atoms with E-state index in [2.05, 4.69) is 33.5 Å². The summed E-state index contributed by atoms with van der Waals surface area (Å²) in [5.74, 6) is 2.11. The largest absolute Gasteiger partial charge is 4.00 e. The van der Waals surface area contributed by atoms with Crippen LogP contribution in [0.2, 0.25) is 25.2 Å². The van der Waals surface area contributed by atoms with Gasteiger partial charge in [0.05, 0.1) is 0 Å². The molecule has 2 atom stereocenters. The Kier molecular flexibility index (Phi) is 16.7. The van der Waals surface area contributed by atoms with Crippen molar-refractivity contribution in [3.8, 4) is 0 Å². The van der Waals surface area contributed by atoms with Crippen LogP contribution in [0.25, 0.3) is 0 Å². The summed E-state index contributed by atoms with van der Waals surface area (Å²) in [4.78, 5) is 0. The summed E-state index contributed by atoms with van der Waals surface area (Å²) in [6.07, 6.45) is 13.4. The fourth-order valence-corrected chi connectivity index (χ4v) is 5.82. The Labute approximate surface area is 148 Å². The van der Waals surface area contributed by atoms with Gasteiger partial charge in [-0.3, -0.25) is 0 Å². The quantitative estimate of drug-likeness (QED) is 0.366. The zero-order chi connectivity index (χ0) is 13.6. The molecule has 0 radical (unpaired) electrons. The van der Waals surface area contributed by atoms with Gasteiger partial charge in [-0.1, -0.05) is 78.4 Å². The number of rotatable bonds is 3. The van der Waals surface area contributed by atoms with Crippen molar-refractivity contribution in [3.05, 3.63) is 14.9 Å². The van der Waals surface area contributed by atoms with Gasteiger partial charge in [-0.25, -0.2) is 0 Å². The van der Waals surface area contributed by atoms with E-state index in [1.54, 1.807) is 12.8 Å². The first kappa shape index (κ1) is 26.6. The zero-order valence-electron chi connectivity index (χ0n) is 15.9. The summed E-state index contributed by atoms with van der Waals surface area (Å²) in [5.41, 5.74) is 1.11. The monoisotopic (exact) mass is 354 g/mol. The molecule has 128 valence electrons. The third-order valence-corrected chi connectivity index (χ3v) is 8.29. The molecule has 2 aliphatic carbocycles. The van der Waals surface area contributed by atoms with Crippen molar-refractivity contribution in [3.63, 3.8) is 0 Å². The standard InChI is InChI=1S/C12H26Si.C5H10.2CH3.Fe/c1-6-10-8-12(13(3,4)5)9-11(10)7-2;1-2-4-5-3-1;;;/h10-12H,6-9H2,1-5H3;1-5H2;2*1H3;/q;;2*-1;+4. The molecule has 2 saturated carbocycles. The van der Waals surface area contributed by atoms with E-state index in [4.69, 9.17) is 0 Å². The summed E-state index contributed by atoms with van der Waals surface area (Å²) >= 11 is 0. The van der Waals surface area contributed by atoms with Crippen LogP contribution in [0.5, 0.6) is 0 Å². The van der Waals surface area contributed by atoms with Crippen LogP contribution < -0.4 is 0 Å². The Morgan fingerprint density at radius 3 is 1.19 bits per heavy atom. The molecular weight excluding hydrogens is 312 g/mol.